The Kier molecular flexibility index (Phi) is 4.55. The molecule has 1 aromatic rings. The maximum Gasteiger partial charge on any atom is 0.244 e. The summed E-state index contributed by atoms with van der Waals surface area (Å²) in [5.74, 6) is 0.547. The molecule has 20 heavy (non-hydrogen) atoms. The van der Waals surface area contributed by atoms with Crippen molar-refractivity contribution in [2.45, 2.75) is 38.6 Å². The van der Waals surface area contributed by atoms with Gasteiger partial charge in [0.2, 0.25) is 5.91 Å². The molecule has 4 nitrogen and oxygen atoms in total. The number of hydrogen-bond donors (Lipinski definition) is 2. The maximum atomic E-state index is 12.5. The number of aryl methyl sites for hydroxylation is 1. The molecule has 0 aromatic heterocycles. The molecule has 0 aliphatic carbocycles. The first-order valence-corrected chi connectivity index (χ1v) is 7.25. The van der Waals surface area contributed by atoms with Crippen LogP contribution in [-0.4, -0.2) is 25.1 Å². The molecule has 1 aliphatic rings. The van der Waals surface area contributed by atoms with Gasteiger partial charge in [-0.25, -0.2) is 0 Å². The van der Waals surface area contributed by atoms with E-state index in [-0.39, 0.29) is 5.91 Å². The van der Waals surface area contributed by atoms with E-state index in [2.05, 4.69) is 10.6 Å². The molecule has 5 heteroatoms. The molecule has 1 unspecified atom stereocenters. The summed E-state index contributed by atoms with van der Waals surface area (Å²) < 4.78 is 5.28. The molecule has 110 valence electrons. The second-order valence-corrected chi connectivity index (χ2v) is 5.88. The first-order chi connectivity index (χ1) is 9.46. The smallest absolute Gasteiger partial charge is 0.244 e. The molecule has 0 spiro atoms. The molecule has 0 bridgehead atoms. The van der Waals surface area contributed by atoms with Crippen LogP contribution in [0.3, 0.4) is 0 Å². The number of hydrogen-bond acceptors (Lipinski definition) is 3. The zero-order valence-electron chi connectivity index (χ0n) is 12.2. The summed E-state index contributed by atoms with van der Waals surface area (Å²) in [4.78, 5) is 12.5. The fraction of sp³-hybridized carbons (Fsp3) is 0.533. The normalized spacial score (nSPS) is 22.4. The molecule has 0 radical (unpaired) electrons. The van der Waals surface area contributed by atoms with E-state index in [0.29, 0.717) is 16.5 Å². The fourth-order valence-corrected chi connectivity index (χ4v) is 2.59. The number of carbonyl (C=O) groups excluding carboxylic acids is 1. The number of nitrogens with one attached hydrogen (secondary N) is 2. The number of anilines is 1. The minimum atomic E-state index is -0.517. The third kappa shape index (κ3) is 3.07. The average Bonchev–Trinajstić information content (AvgIpc) is 2.43. The third-order valence-corrected chi connectivity index (χ3v) is 4.26. The van der Waals surface area contributed by atoms with Crippen LogP contribution in [0.1, 0.15) is 31.7 Å². The summed E-state index contributed by atoms with van der Waals surface area (Å²) in [6.07, 6.45) is 3.02. The van der Waals surface area contributed by atoms with Gasteiger partial charge in [-0.2, -0.15) is 0 Å². The van der Waals surface area contributed by atoms with Crippen molar-refractivity contribution < 1.29 is 9.53 Å². The Labute approximate surface area is 124 Å². The summed E-state index contributed by atoms with van der Waals surface area (Å²) in [6.45, 7) is 4.72. The van der Waals surface area contributed by atoms with Gasteiger partial charge in [-0.15, -0.1) is 0 Å². The van der Waals surface area contributed by atoms with Crippen molar-refractivity contribution in [1.29, 1.82) is 0 Å². The van der Waals surface area contributed by atoms with Gasteiger partial charge in [-0.1, -0.05) is 11.6 Å². The lowest BCUT2D eigenvalue weighted by molar-refractivity contribution is -0.122. The molecule has 1 amide bonds. The molecule has 1 fully saturated rings. The van der Waals surface area contributed by atoms with E-state index in [0.717, 1.165) is 31.4 Å². The summed E-state index contributed by atoms with van der Waals surface area (Å²) >= 11 is 6.07. The van der Waals surface area contributed by atoms with E-state index < -0.39 is 5.54 Å². The molecule has 1 aliphatic heterocycles. The average molecular weight is 297 g/mol. The van der Waals surface area contributed by atoms with Crippen LogP contribution < -0.4 is 15.4 Å². The van der Waals surface area contributed by atoms with Gasteiger partial charge in [0.1, 0.15) is 5.75 Å². The molecule has 1 saturated heterocycles. The summed E-state index contributed by atoms with van der Waals surface area (Å²) in [6, 6.07) is 3.56. The Morgan fingerprint density at radius 2 is 2.20 bits per heavy atom. The van der Waals surface area contributed by atoms with Gasteiger partial charge in [0.25, 0.3) is 0 Å². The van der Waals surface area contributed by atoms with E-state index in [4.69, 9.17) is 16.3 Å². The van der Waals surface area contributed by atoms with Crippen molar-refractivity contribution in [3.63, 3.8) is 0 Å². The van der Waals surface area contributed by atoms with Gasteiger partial charge >= 0.3 is 0 Å². The topological polar surface area (TPSA) is 50.4 Å². The van der Waals surface area contributed by atoms with Gasteiger partial charge in [-0.05, 0) is 51.3 Å². The zero-order valence-corrected chi connectivity index (χ0v) is 12.9. The molecule has 1 heterocycles. The molecule has 1 atom stereocenters. The lowest BCUT2D eigenvalue weighted by Gasteiger charge is -2.33. The number of amides is 1. The highest BCUT2D eigenvalue weighted by Gasteiger charge is 2.34. The van der Waals surface area contributed by atoms with Crippen LogP contribution >= 0.6 is 11.6 Å². The summed E-state index contributed by atoms with van der Waals surface area (Å²) in [7, 11) is 1.57. The number of benzene rings is 1. The quantitative estimate of drug-likeness (QED) is 0.901. The predicted octanol–water partition coefficient (Wildman–Crippen LogP) is 3.13. The predicted molar refractivity (Wildman–Crippen MR) is 81.6 cm³/mol. The van der Waals surface area contributed by atoms with E-state index in [1.807, 2.05) is 19.9 Å². The summed E-state index contributed by atoms with van der Waals surface area (Å²) in [5, 5.41) is 6.88. The third-order valence-electron chi connectivity index (χ3n) is 3.85. The number of ether oxygens (including phenoxy) is 1. The zero-order chi connectivity index (χ0) is 14.8. The Balaban J connectivity index is 2.21. The van der Waals surface area contributed by atoms with Crippen LogP contribution in [0, 0.1) is 6.92 Å². The minimum absolute atomic E-state index is 0.0303. The van der Waals surface area contributed by atoms with Gasteiger partial charge in [0.15, 0.2) is 0 Å². The van der Waals surface area contributed by atoms with E-state index >= 15 is 0 Å². The van der Waals surface area contributed by atoms with Crippen molar-refractivity contribution in [2.24, 2.45) is 0 Å². The molecular weight excluding hydrogens is 276 g/mol. The first kappa shape index (κ1) is 15.1. The van der Waals surface area contributed by atoms with Gasteiger partial charge in [-0.3, -0.25) is 4.79 Å². The number of methoxy groups -OCH3 is 1. The standard InChI is InChI=1S/C15H21ClN2O2/c1-10-8-12(13(20-3)9-11(10)16)18-14(19)15(2)6-4-5-7-17-15/h8-9,17H,4-7H2,1-3H3,(H,18,19). The van der Waals surface area contributed by atoms with E-state index in [1.54, 1.807) is 13.2 Å². The molecular formula is C15H21ClN2O2. The van der Waals surface area contributed by atoms with Gasteiger partial charge < -0.3 is 15.4 Å². The van der Waals surface area contributed by atoms with Gasteiger partial charge in [0.05, 0.1) is 18.3 Å². The van der Waals surface area contributed by atoms with Crippen LogP contribution in [0.4, 0.5) is 5.69 Å². The highest BCUT2D eigenvalue weighted by atomic mass is 35.5. The van der Waals surface area contributed by atoms with Crippen LogP contribution in [-0.2, 0) is 4.79 Å². The summed E-state index contributed by atoms with van der Waals surface area (Å²) in [5.41, 5.74) is 1.05. The number of halogens is 1. The number of carbonyl (C=O) groups is 1. The van der Waals surface area contributed by atoms with Crippen molar-refractivity contribution >= 4 is 23.2 Å². The molecule has 0 saturated carbocycles. The van der Waals surface area contributed by atoms with Crippen molar-refractivity contribution in [3.8, 4) is 5.75 Å². The SMILES string of the molecule is COc1cc(Cl)c(C)cc1NC(=O)C1(C)CCCCN1. The van der Waals surface area contributed by atoms with Crippen LogP contribution in [0.2, 0.25) is 5.02 Å². The monoisotopic (exact) mass is 296 g/mol. The van der Waals surface area contributed by atoms with Crippen LogP contribution in [0.5, 0.6) is 5.75 Å². The van der Waals surface area contributed by atoms with Crippen LogP contribution in [0.15, 0.2) is 12.1 Å². The Morgan fingerprint density at radius 3 is 2.80 bits per heavy atom. The molecule has 1 aromatic carbocycles. The Morgan fingerprint density at radius 1 is 1.45 bits per heavy atom. The lowest BCUT2D eigenvalue weighted by Crippen LogP contribution is -2.54. The Bertz CT molecular complexity index is 511. The molecule has 2 rings (SSSR count). The highest BCUT2D eigenvalue weighted by molar-refractivity contribution is 6.31. The largest absolute Gasteiger partial charge is 0.495 e. The van der Waals surface area contributed by atoms with E-state index in [1.165, 1.54) is 0 Å². The van der Waals surface area contributed by atoms with Crippen LogP contribution in [0.25, 0.3) is 0 Å². The highest BCUT2D eigenvalue weighted by Crippen LogP contribution is 2.32. The second-order valence-electron chi connectivity index (χ2n) is 5.47. The second kappa shape index (κ2) is 6.02. The minimum Gasteiger partial charge on any atom is -0.495 e. The Hall–Kier alpha value is -1.26. The molecule has 2 N–H and O–H groups in total. The fourth-order valence-electron chi connectivity index (χ4n) is 2.44. The lowest BCUT2D eigenvalue weighted by atomic mass is 9.90. The van der Waals surface area contributed by atoms with Crippen molar-refractivity contribution in [1.82, 2.24) is 5.32 Å². The number of rotatable bonds is 3. The van der Waals surface area contributed by atoms with Gasteiger partial charge in [0, 0.05) is 11.1 Å². The van der Waals surface area contributed by atoms with E-state index in [9.17, 15) is 4.79 Å². The first-order valence-electron chi connectivity index (χ1n) is 6.87. The maximum absolute atomic E-state index is 12.5. The number of piperidine rings is 1. The van der Waals surface area contributed by atoms with Crippen molar-refractivity contribution in [2.75, 3.05) is 19.0 Å². The van der Waals surface area contributed by atoms with Crippen molar-refractivity contribution in [3.05, 3.63) is 22.7 Å².